The van der Waals surface area contributed by atoms with Crippen molar-refractivity contribution in [2.75, 3.05) is 5.75 Å². The molecule has 0 atom stereocenters. The van der Waals surface area contributed by atoms with Crippen LogP contribution < -0.4 is 0 Å². The SMILES string of the molecule is N#Cc1cc(F)ccc1C=CCS. The molecule has 3 heteroatoms. The first-order valence-electron chi connectivity index (χ1n) is 3.75. The zero-order chi connectivity index (χ0) is 9.68. The third kappa shape index (κ3) is 2.60. The van der Waals surface area contributed by atoms with Crippen LogP contribution in [0.2, 0.25) is 0 Å². The highest BCUT2D eigenvalue weighted by molar-refractivity contribution is 7.80. The molecule has 0 saturated heterocycles. The van der Waals surface area contributed by atoms with Crippen LogP contribution in [0, 0.1) is 17.1 Å². The van der Waals surface area contributed by atoms with E-state index in [9.17, 15) is 4.39 Å². The molecular formula is C10H8FNS. The van der Waals surface area contributed by atoms with Crippen molar-refractivity contribution in [1.82, 2.24) is 0 Å². The van der Waals surface area contributed by atoms with Crippen molar-refractivity contribution >= 4 is 18.7 Å². The Hall–Kier alpha value is -1.27. The predicted octanol–water partition coefficient (Wildman–Crippen LogP) is 2.64. The van der Waals surface area contributed by atoms with E-state index in [4.69, 9.17) is 5.26 Å². The summed E-state index contributed by atoms with van der Waals surface area (Å²) >= 11 is 3.99. The van der Waals surface area contributed by atoms with Crippen molar-refractivity contribution in [3.05, 3.63) is 41.2 Å². The number of benzene rings is 1. The van der Waals surface area contributed by atoms with Crippen LogP contribution in [0.25, 0.3) is 6.08 Å². The van der Waals surface area contributed by atoms with Crippen molar-refractivity contribution in [3.8, 4) is 6.07 Å². The molecule has 0 N–H and O–H groups in total. The lowest BCUT2D eigenvalue weighted by Crippen LogP contribution is -1.84. The van der Waals surface area contributed by atoms with Gasteiger partial charge in [-0.1, -0.05) is 18.2 Å². The van der Waals surface area contributed by atoms with Crippen molar-refractivity contribution in [3.63, 3.8) is 0 Å². The van der Waals surface area contributed by atoms with Gasteiger partial charge < -0.3 is 0 Å². The summed E-state index contributed by atoms with van der Waals surface area (Å²) in [5, 5.41) is 8.67. The summed E-state index contributed by atoms with van der Waals surface area (Å²) in [4.78, 5) is 0. The minimum Gasteiger partial charge on any atom is -0.207 e. The Morgan fingerprint density at radius 3 is 2.92 bits per heavy atom. The van der Waals surface area contributed by atoms with Gasteiger partial charge in [0.1, 0.15) is 5.82 Å². The molecule has 0 bridgehead atoms. The van der Waals surface area contributed by atoms with Gasteiger partial charge >= 0.3 is 0 Å². The Morgan fingerprint density at radius 1 is 1.54 bits per heavy atom. The monoisotopic (exact) mass is 193 g/mol. The second-order valence-corrected chi connectivity index (χ2v) is 2.79. The smallest absolute Gasteiger partial charge is 0.124 e. The van der Waals surface area contributed by atoms with Gasteiger partial charge in [-0.05, 0) is 17.7 Å². The van der Waals surface area contributed by atoms with Gasteiger partial charge in [0.25, 0.3) is 0 Å². The molecule has 1 rings (SSSR count). The van der Waals surface area contributed by atoms with Gasteiger partial charge in [0.05, 0.1) is 11.6 Å². The number of nitrogens with zero attached hydrogens (tertiary/aromatic N) is 1. The fourth-order valence-electron chi connectivity index (χ4n) is 0.950. The Bertz CT molecular complexity index is 366. The minimum atomic E-state index is -0.389. The van der Waals surface area contributed by atoms with E-state index in [2.05, 4.69) is 12.6 Å². The summed E-state index contributed by atoms with van der Waals surface area (Å²) < 4.78 is 12.7. The summed E-state index contributed by atoms with van der Waals surface area (Å²) in [6.45, 7) is 0. The normalized spacial score (nSPS) is 10.2. The molecule has 0 unspecified atom stereocenters. The first-order chi connectivity index (χ1) is 6.27. The molecule has 0 radical (unpaired) electrons. The maximum Gasteiger partial charge on any atom is 0.124 e. The highest BCUT2D eigenvalue weighted by atomic mass is 32.1. The highest BCUT2D eigenvalue weighted by Crippen LogP contribution is 2.11. The zero-order valence-corrected chi connectivity index (χ0v) is 7.76. The molecule has 1 aromatic rings. The second-order valence-electron chi connectivity index (χ2n) is 2.43. The minimum absolute atomic E-state index is 0.345. The van der Waals surface area contributed by atoms with Crippen molar-refractivity contribution in [1.29, 1.82) is 5.26 Å². The quantitative estimate of drug-likeness (QED) is 0.717. The molecule has 0 aromatic heterocycles. The van der Waals surface area contributed by atoms with E-state index in [0.29, 0.717) is 11.3 Å². The third-order valence-corrected chi connectivity index (χ3v) is 1.75. The zero-order valence-electron chi connectivity index (χ0n) is 6.87. The van der Waals surface area contributed by atoms with Gasteiger partial charge in [-0.25, -0.2) is 4.39 Å². The number of hydrogen-bond donors (Lipinski definition) is 1. The van der Waals surface area contributed by atoms with Crippen LogP contribution in [0.1, 0.15) is 11.1 Å². The largest absolute Gasteiger partial charge is 0.207 e. The van der Waals surface area contributed by atoms with Gasteiger partial charge in [0.2, 0.25) is 0 Å². The van der Waals surface area contributed by atoms with Crippen LogP contribution >= 0.6 is 12.6 Å². The summed E-state index contributed by atoms with van der Waals surface area (Å²) in [5.41, 5.74) is 1.07. The Kier molecular flexibility index (Phi) is 3.53. The summed E-state index contributed by atoms with van der Waals surface area (Å²) in [6, 6.07) is 6.06. The Morgan fingerprint density at radius 2 is 2.31 bits per heavy atom. The maximum absolute atomic E-state index is 12.7. The van der Waals surface area contributed by atoms with E-state index in [0.717, 1.165) is 5.56 Å². The average molecular weight is 193 g/mol. The van der Waals surface area contributed by atoms with Gasteiger partial charge in [-0.2, -0.15) is 17.9 Å². The second kappa shape index (κ2) is 4.68. The first-order valence-corrected chi connectivity index (χ1v) is 4.38. The van der Waals surface area contributed by atoms with Crippen LogP contribution in [0.4, 0.5) is 4.39 Å². The van der Waals surface area contributed by atoms with Crippen LogP contribution in [-0.4, -0.2) is 5.75 Å². The topological polar surface area (TPSA) is 23.8 Å². The Balaban J connectivity index is 3.08. The van der Waals surface area contributed by atoms with Gasteiger partial charge in [0.15, 0.2) is 0 Å². The average Bonchev–Trinajstić information content (AvgIpc) is 2.16. The van der Waals surface area contributed by atoms with Crippen LogP contribution in [0.15, 0.2) is 24.3 Å². The maximum atomic E-state index is 12.7. The molecule has 0 aliphatic carbocycles. The lowest BCUT2D eigenvalue weighted by molar-refractivity contribution is 0.627. The van der Waals surface area contributed by atoms with Crippen molar-refractivity contribution < 1.29 is 4.39 Å². The van der Waals surface area contributed by atoms with Gasteiger partial charge in [-0.3, -0.25) is 0 Å². The van der Waals surface area contributed by atoms with Crippen LogP contribution in [-0.2, 0) is 0 Å². The Labute approximate surface area is 81.9 Å². The molecule has 0 amide bonds. The first kappa shape index (κ1) is 9.82. The van der Waals surface area contributed by atoms with Gasteiger partial charge in [-0.15, -0.1) is 0 Å². The van der Waals surface area contributed by atoms with Crippen molar-refractivity contribution in [2.45, 2.75) is 0 Å². The number of rotatable bonds is 2. The fourth-order valence-corrected chi connectivity index (χ4v) is 1.06. The summed E-state index contributed by atoms with van der Waals surface area (Å²) in [7, 11) is 0. The molecule has 0 spiro atoms. The third-order valence-electron chi connectivity index (χ3n) is 1.54. The van der Waals surface area contributed by atoms with E-state index in [-0.39, 0.29) is 5.82 Å². The van der Waals surface area contributed by atoms with E-state index >= 15 is 0 Å². The molecule has 1 aromatic carbocycles. The summed E-state index contributed by atoms with van der Waals surface area (Å²) in [6.07, 6.45) is 3.56. The predicted molar refractivity (Wildman–Crippen MR) is 54.0 cm³/mol. The molecule has 1 nitrogen and oxygen atoms in total. The van der Waals surface area contributed by atoms with Crippen LogP contribution in [0.5, 0.6) is 0 Å². The molecular weight excluding hydrogens is 185 g/mol. The molecule has 0 aliphatic rings. The molecule has 66 valence electrons. The molecule has 0 heterocycles. The lowest BCUT2D eigenvalue weighted by atomic mass is 10.1. The van der Waals surface area contributed by atoms with Crippen molar-refractivity contribution in [2.24, 2.45) is 0 Å². The lowest BCUT2D eigenvalue weighted by Gasteiger charge is -1.96. The summed E-state index contributed by atoms with van der Waals surface area (Å²) in [5.74, 6) is 0.210. The number of nitriles is 1. The number of halogens is 1. The van der Waals surface area contributed by atoms with E-state index in [1.165, 1.54) is 12.1 Å². The number of thiol groups is 1. The fraction of sp³-hybridized carbons (Fsp3) is 0.100. The van der Waals surface area contributed by atoms with Gasteiger partial charge in [0, 0.05) is 5.75 Å². The standard InChI is InChI=1S/C10H8FNS/c11-10-4-3-8(2-1-5-13)9(6-10)7-12/h1-4,6,13H,5H2. The molecule has 13 heavy (non-hydrogen) atoms. The molecule has 0 saturated carbocycles. The van der Waals surface area contributed by atoms with E-state index in [1.54, 1.807) is 18.2 Å². The highest BCUT2D eigenvalue weighted by Gasteiger charge is 1.99. The molecule has 0 fully saturated rings. The van der Waals surface area contributed by atoms with Crippen LogP contribution in [0.3, 0.4) is 0 Å². The molecule has 0 aliphatic heterocycles. The van der Waals surface area contributed by atoms with E-state index in [1.807, 2.05) is 6.07 Å². The number of hydrogen-bond acceptors (Lipinski definition) is 2. The van der Waals surface area contributed by atoms with E-state index < -0.39 is 0 Å².